The molecule has 19 heavy (non-hydrogen) atoms. The van der Waals surface area contributed by atoms with Gasteiger partial charge in [-0.25, -0.2) is 0 Å². The van der Waals surface area contributed by atoms with Gasteiger partial charge in [-0.2, -0.15) is 0 Å². The van der Waals surface area contributed by atoms with Crippen LogP contribution >= 0.6 is 15.9 Å². The van der Waals surface area contributed by atoms with Crippen molar-refractivity contribution in [3.63, 3.8) is 0 Å². The van der Waals surface area contributed by atoms with Crippen molar-refractivity contribution in [1.82, 2.24) is 10.2 Å². The lowest BCUT2D eigenvalue weighted by Gasteiger charge is -2.30. The Labute approximate surface area is 123 Å². The minimum atomic E-state index is 0.113. The highest BCUT2D eigenvalue weighted by Crippen LogP contribution is 2.18. The fraction of sp³-hybridized carbons (Fsp3) is 0.533. The quantitative estimate of drug-likeness (QED) is 0.923. The van der Waals surface area contributed by atoms with Crippen LogP contribution in [0.2, 0.25) is 0 Å². The van der Waals surface area contributed by atoms with Crippen molar-refractivity contribution in [1.29, 1.82) is 0 Å². The van der Waals surface area contributed by atoms with Gasteiger partial charge in [0.1, 0.15) is 0 Å². The van der Waals surface area contributed by atoms with Crippen LogP contribution in [0.5, 0.6) is 0 Å². The smallest absolute Gasteiger partial charge is 0.255 e. The summed E-state index contributed by atoms with van der Waals surface area (Å²) in [6, 6.07) is 8.08. The van der Waals surface area contributed by atoms with Gasteiger partial charge in [0, 0.05) is 23.6 Å². The zero-order chi connectivity index (χ0) is 13.7. The summed E-state index contributed by atoms with van der Waals surface area (Å²) >= 11 is 3.46. The number of piperidine rings is 1. The van der Waals surface area contributed by atoms with Gasteiger partial charge in [-0.15, -0.1) is 0 Å². The number of amides is 1. The number of nitrogens with one attached hydrogen (secondary N) is 1. The minimum Gasteiger partial charge on any atom is -0.337 e. The molecule has 0 bridgehead atoms. The van der Waals surface area contributed by atoms with E-state index in [4.69, 9.17) is 0 Å². The van der Waals surface area contributed by atoms with Crippen molar-refractivity contribution in [2.24, 2.45) is 0 Å². The van der Waals surface area contributed by atoms with Crippen LogP contribution in [-0.2, 0) is 0 Å². The summed E-state index contributed by atoms with van der Waals surface area (Å²) in [6.07, 6.45) is 3.68. The first-order valence-electron chi connectivity index (χ1n) is 6.99. The normalized spacial score (nSPS) is 19.2. The second kappa shape index (κ2) is 7.06. The van der Waals surface area contributed by atoms with Crippen molar-refractivity contribution in [2.75, 3.05) is 19.6 Å². The van der Waals surface area contributed by atoms with E-state index in [0.717, 1.165) is 29.7 Å². The summed E-state index contributed by atoms with van der Waals surface area (Å²) in [5.74, 6) is 0.113. The van der Waals surface area contributed by atoms with Crippen LogP contribution in [0.25, 0.3) is 0 Å². The fourth-order valence-corrected chi connectivity index (χ4v) is 2.96. The van der Waals surface area contributed by atoms with E-state index in [2.05, 4.69) is 21.2 Å². The first kappa shape index (κ1) is 14.5. The molecule has 0 radical (unpaired) electrons. The zero-order valence-corrected chi connectivity index (χ0v) is 12.9. The molecule has 1 amide bonds. The maximum Gasteiger partial charge on any atom is 0.255 e. The monoisotopic (exact) mass is 324 g/mol. The molecule has 1 N–H and O–H groups in total. The van der Waals surface area contributed by atoms with Gasteiger partial charge < -0.3 is 10.2 Å². The number of rotatable bonds is 4. The Bertz CT molecular complexity index is 430. The highest BCUT2D eigenvalue weighted by molar-refractivity contribution is 9.10. The molecular weight excluding hydrogens is 304 g/mol. The first-order chi connectivity index (χ1) is 9.22. The number of benzene rings is 1. The van der Waals surface area contributed by atoms with E-state index in [1.807, 2.05) is 36.1 Å². The molecule has 4 heteroatoms. The molecular formula is C15H21BrN2O. The highest BCUT2D eigenvalue weighted by atomic mass is 79.9. The van der Waals surface area contributed by atoms with Crippen LogP contribution in [0.1, 0.15) is 36.5 Å². The van der Waals surface area contributed by atoms with Gasteiger partial charge in [-0.3, -0.25) is 4.79 Å². The number of carbonyl (C=O) groups is 1. The van der Waals surface area contributed by atoms with Gasteiger partial charge in [0.05, 0.1) is 5.56 Å². The van der Waals surface area contributed by atoms with E-state index in [1.54, 1.807) is 0 Å². The number of likely N-dealkylation sites (N-methyl/N-ethyl adjacent to an activating group) is 1. The van der Waals surface area contributed by atoms with Crippen molar-refractivity contribution < 1.29 is 4.79 Å². The van der Waals surface area contributed by atoms with Crippen LogP contribution in [-0.4, -0.2) is 36.5 Å². The lowest BCUT2D eigenvalue weighted by atomic mass is 10.0. The van der Waals surface area contributed by atoms with Crippen LogP contribution in [0.4, 0.5) is 0 Å². The molecule has 1 heterocycles. The number of halogens is 1. The average Bonchev–Trinajstić information content (AvgIpc) is 2.46. The molecule has 0 saturated carbocycles. The van der Waals surface area contributed by atoms with Gasteiger partial charge in [0.15, 0.2) is 0 Å². The SMILES string of the molecule is CCN(CC1CCCCN1)C(=O)c1ccccc1Br. The molecule has 3 nitrogen and oxygen atoms in total. The molecule has 0 aromatic heterocycles. The molecule has 1 fully saturated rings. The summed E-state index contributed by atoms with van der Waals surface area (Å²) in [6.45, 7) is 4.66. The van der Waals surface area contributed by atoms with Crippen LogP contribution in [0.15, 0.2) is 28.7 Å². The number of hydrogen-bond donors (Lipinski definition) is 1. The zero-order valence-electron chi connectivity index (χ0n) is 11.4. The molecule has 1 aliphatic heterocycles. The third kappa shape index (κ3) is 3.80. The van der Waals surface area contributed by atoms with E-state index in [1.165, 1.54) is 19.3 Å². The predicted molar refractivity (Wildman–Crippen MR) is 81.4 cm³/mol. The van der Waals surface area contributed by atoms with E-state index < -0.39 is 0 Å². The fourth-order valence-electron chi connectivity index (χ4n) is 2.51. The number of carbonyl (C=O) groups excluding carboxylic acids is 1. The summed E-state index contributed by atoms with van der Waals surface area (Å²) in [5, 5.41) is 3.50. The summed E-state index contributed by atoms with van der Waals surface area (Å²) in [7, 11) is 0. The average molecular weight is 325 g/mol. The Morgan fingerprint density at radius 3 is 2.84 bits per heavy atom. The van der Waals surface area contributed by atoms with Gasteiger partial charge in [-0.1, -0.05) is 18.6 Å². The lowest BCUT2D eigenvalue weighted by Crippen LogP contribution is -2.45. The van der Waals surface area contributed by atoms with E-state index in [9.17, 15) is 4.79 Å². The Kier molecular flexibility index (Phi) is 5.40. The minimum absolute atomic E-state index is 0.113. The summed E-state index contributed by atoms with van der Waals surface area (Å²) < 4.78 is 0.870. The van der Waals surface area contributed by atoms with E-state index >= 15 is 0 Å². The third-order valence-electron chi connectivity index (χ3n) is 3.63. The second-order valence-electron chi connectivity index (χ2n) is 4.97. The summed E-state index contributed by atoms with van der Waals surface area (Å²) in [4.78, 5) is 14.5. The van der Waals surface area contributed by atoms with Crippen molar-refractivity contribution in [3.8, 4) is 0 Å². The molecule has 104 valence electrons. The molecule has 0 spiro atoms. The summed E-state index contributed by atoms with van der Waals surface area (Å²) in [5.41, 5.74) is 0.750. The third-order valence-corrected chi connectivity index (χ3v) is 4.32. The Morgan fingerprint density at radius 1 is 1.42 bits per heavy atom. The van der Waals surface area contributed by atoms with E-state index in [0.29, 0.717) is 6.04 Å². The standard InChI is InChI=1S/C15H21BrN2O/c1-2-18(11-12-7-5-6-10-17-12)15(19)13-8-3-4-9-14(13)16/h3-4,8-9,12,17H,2,5-7,10-11H2,1H3. The molecule has 1 aromatic carbocycles. The lowest BCUT2D eigenvalue weighted by molar-refractivity contribution is 0.0740. The Morgan fingerprint density at radius 2 is 2.21 bits per heavy atom. The van der Waals surface area contributed by atoms with E-state index in [-0.39, 0.29) is 5.91 Å². The molecule has 1 aromatic rings. The Hall–Kier alpha value is -0.870. The maximum absolute atomic E-state index is 12.5. The first-order valence-corrected chi connectivity index (χ1v) is 7.79. The Balaban J connectivity index is 2.04. The van der Waals surface area contributed by atoms with Crippen molar-refractivity contribution in [3.05, 3.63) is 34.3 Å². The molecule has 2 rings (SSSR count). The number of hydrogen-bond acceptors (Lipinski definition) is 2. The largest absolute Gasteiger partial charge is 0.337 e. The van der Waals surface area contributed by atoms with Gasteiger partial charge in [0.25, 0.3) is 5.91 Å². The molecule has 1 aliphatic rings. The number of nitrogens with zero attached hydrogens (tertiary/aromatic N) is 1. The van der Waals surface area contributed by atoms with Crippen LogP contribution in [0.3, 0.4) is 0 Å². The van der Waals surface area contributed by atoms with Crippen molar-refractivity contribution in [2.45, 2.75) is 32.2 Å². The molecule has 1 atom stereocenters. The van der Waals surface area contributed by atoms with Gasteiger partial charge >= 0.3 is 0 Å². The highest BCUT2D eigenvalue weighted by Gasteiger charge is 2.21. The maximum atomic E-state index is 12.5. The molecule has 1 saturated heterocycles. The van der Waals surface area contributed by atoms with Gasteiger partial charge in [0.2, 0.25) is 0 Å². The predicted octanol–water partition coefficient (Wildman–Crippen LogP) is 3.05. The van der Waals surface area contributed by atoms with Gasteiger partial charge in [-0.05, 0) is 54.4 Å². The van der Waals surface area contributed by atoms with Crippen LogP contribution in [0, 0.1) is 0 Å². The van der Waals surface area contributed by atoms with Crippen molar-refractivity contribution >= 4 is 21.8 Å². The molecule has 0 aliphatic carbocycles. The van der Waals surface area contributed by atoms with Crippen LogP contribution < -0.4 is 5.32 Å². The second-order valence-corrected chi connectivity index (χ2v) is 5.82. The molecule has 1 unspecified atom stereocenters. The topological polar surface area (TPSA) is 32.3 Å².